The lowest BCUT2D eigenvalue weighted by atomic mass is 10.0. The number of hydrogen-bond donors (Lipinski definition) is 2. The van der Waals surface area contributed by atoms with Crippen molar-refractivity contribution in [2.24, 2.45) is 5.92 Å². The minimum Gasteiger partial charge on any atom is -0.392 e. The Labute approximate surface area is 124 Å². The SMILES string of the molecule is O=S(=O)(NCC1CCCOC1)c1ccc(CO)c(Cl)c1. The van der Waals surface area contributed by atoms with Crippen molar-refractivity contribution in [3.8, 4) is 0 Å². The van der Waals surface area contributed by atoms with E-state index in [9.17, 15) is 8.42 Å². The molecule has 0 radical (unpaired) electrons. The minimum absolute atomic E-state index is 0.108. The first-order valence-corrected chi connectivity index (χ1v) is 8.36. The summed E-state index contributed by atoms with van der Waals surface area (Å²) < 4.78 is 32.2. The van der Waals surface area contributed by atoms with E-state index >= 15 is 0 Å². The lowest BCUT2D eigenvalue weighted by Crippen LogP contribution is -2.33. The van der Waals surface area contributed by atoms with Crippen LogP contribution in [0.5, 0.6) is 0 Å². The van der Waals surface area contributed by atoms with E-state index in [4.69, 9.17) is 21.4 Å². The van der Waals surface area contributed by atoms with Gasteiger partial charge in [0.25, 0.3) is 0 Å². The van der Waals surface area contributed by atoms with Crippen molar-refractivity contribution in [3.63, 3.8) is 0 Å². The number of halogens is 1. The summed E-state index contributed by atoms with van der Waals surface area (Å²) in [6, 6.07) is 4.31. The average Bonchev–Trinajstić information content (AvgIpc) is 2.46. The van der Waals surface area contributed by atoms with Gasteiger partial charge in [0.15, 0.2) is 0 Å². The number of ether oxygens (including phenoxy) is 1. The topological polar surface area (TPSA) is 75.6 Å². The Kier molecular flexibility index (Phi) is 5.40. The zero-order valence-corrected chi connectivity index (χ0v) is 12.6. The van der Waals surface area contributed by atoms with Crippen molar-refractivity contribution in [1.82, 2.24) is 4.72 Å². The van der Waals surface area contributed by atoms with Gasteiger partial charge in [-0.05, 0) is 36.5 Å². The molecule has 1 atom stereocenters. The maximum atomic E-state index is 12.2. The molecule has 1 aromatic rings. The molecule has 1 aliphatic rings. The molecule has 1 unspecified atom stereocenters. The third-order valence-corrected chi connectivity index (χ3v) is 5.09. The molecule has 7 heteroatoms. The van der Waals surface area contributed by atoms with Gasteiger partial charge in [0, 0.05) is 18.2 Å². The highest BCUT2D eigenvalue weighted by atomic mass is 35.5. The largest absolute Gasteiger partial charge is 0.392 e. The fourth-order valence-corrected chi connectivity index (χ4v) is 3.55. The Hall–Kier alpha value is -0.660. The van der Waals surface area contributed by atoms with E-state index in [0.717, 1.165) is 19.4 Å². The standard InChI is InChI=1S/C13H18ClNO4S/c14-13-6-12(4-3-11(13)8-16)20(17,18)15-7-10-2-1-5-19-9-10/h3-4,6,10,15-16H,1-2,5,7-9H2. The van der Waals surface area contributed by atoms with Gasteiger partial charge in [0.05, 0.1) is 18.1 Å². The second-order valence-corrected chi connectivity index (χ2v) is 7.02. The maximum absolute atomic E-state index is 12.2. The van der Waals surface area contributed by atoms with Gasteiger partial charge in [-0.15, -0.1) is 0 Å². The van der Waals surface area contributed by atoms with Crippen molar-refractivity contribution in [2.75, 3.05) is 19.8 Å². The highest BCUT2D eigenvalue weighted by Crippen LogP contribution is 2.21. The molecule has 0 spiro atoms. The van der Waals surface area contributed by atoms with Crippen LogP contribution in [-0.2, 0) is 21.4 Å². The number of aliphatic hydroxyl groups is 1. The molecular weight excluding hydrogens is 302 g/mol. The van der Waals surface area contributed by atoms with Crippen LogP contribution in [-0.4, -0.2) is 33.3 Å². The number of benzene rings is 1. The van der Waals surface area contributed by atoms with Gasteiger partial charge < -0.3 is 9.84 Å². The molecule has 0 bridgehead atoms. The first-order valence-electron chi connectivity index (χ1n) is 6.49. The third kappa shape index (κ3) is 3.93. The van der Waals surface area contributed by atoms with Crippen LogP contribution in [0.4, 0.5) is 0 Å². The smallest absolute Gasteiger partial charge is 0.240 e. The monoisotopic (exact) mass is 319 g/mol. The zero-order chi connectivity index (χ0) is 14.6. The Morgan fingerprint density at radius 1 is 1.45 bits per heavy atom. The van der Waals surface area contributed by atoms with Crippen LogP contribution < -0.4 is 4.72 Å². The lowest BCUT2D eigenvalue weighted by molar-refractivity contribution is 0.0568. The van der Waals surface area contributed by atoms with Crippen LogP contribution in [0.1, 0.15) is 18.4 Å². The van der Waals surface area contributed by atoms with Gasteiger partial charge in [-0.1, -0.05) is 17.7 Å². The highest BCUT2D eigenvalue weighted by molar-refractivity contribution is 7.89. The molecule has 2 rings (SSSR count). The van der Waals surface area contributed by atoms with E-state index < -0.39 is 10.0 Å². The molecule has 1 saturated heterocycles. The molecule has 112 valence electrons. The molecule has 0 aliphatic carbocycles. The molecule has 20 heavy (non-hydrogen) atoms. The first-order chi connectivity index (χ1) is 9.53. The van der Waals surface area contributed by atoms with Crippen molar-refractivity contribution >= 4 is 21.6 Å². The predicted molar refractivity (Wildman–Crippen MR) is 76.1 cm³/mol. The summed E-state index contributed by atoms with van der Waals surface area (Å²) in [6.45, 7) is 1.49. The van der Waals surface area contributed by atoms with Crippen LogP contribution >= 0.6 is 11.6 Å². The predicted octanol–water partition coefficient (Wildman–Crippen LogP) is 1.54. The first kappa shape index (κ1) is 15.7. The molecule has 0 saturated carbocycles. The van der Waals surface area contributed by atoms with Gasteiger partial charge in [0.2, 0.25) is 10.0 Å². The molecule has 1 aliphatic heterocycles. The highest BCUT2D eigenvalue weighted by Gasteiger charge is 2.19. The van der Waals surface area contributed by atoms with Crippen LogP contribution in [0.3, 0.4) is 0 Å². The van der Waals surface area contributed by atoms with Crippen LogP contribution in [0.25, 0.3) is 0 Å². The van der Waals surface area contributed by atoms with Crippen LogP contribution in [0.2, 0.25) is 5.02 Å². The third-order valence-electron chi connectivity index (χ3n) is 3.32. The van der Waals surface area contributed by atoms with Crippen LogP contribution in [0.15, 0.2) is 23.1 Å². The van der Waals surface area contributed by atoms with Crippen molar-refractivity contribution in [1.29, 1.82) is 0 Å². The number of rotatable bonds is 5. The summed E-state index contributed by atoms with van der Waals surface area (Å²) in [6.07, 6.45) is 1.93. The number of nitrogens with one attached hydrogen (secondary N) is 1. The molecule has 2 N–H and O–H groups in total. The normalized spacial score (nSPS) is 20.0. The van der Waals surface area contributed by atoms with Crippen molar-refractivity contribution < 1.29 is 18.3 Å². The summed E-state index contributed by atoms with van der Waals surface area (Å²) in [7, 11) is -3.58. The van der Waals surface area contributed by atoms with Gasteiger partial charge in [-0.3, -0.25) is 0 Å². The molecule has 1 aromatic carbocycles. The second-order valence-electron chi connectivity index (χ2n) is 4.85. The van der Waals surface area contributed by atoms with Gasteiger partial charge in [0.1, 0.15) is 0 Å². The fourth-order valence-electron chi connectivity index (χ4n) is 2.10. The quantitative estimate of drug-likeness (QED) is 0.863. The summed E-state index contributed by atoms with van der Waals surface area (Å²) >= 11 is 5.91. The van der Waals surface area contributed by atoms with Crippen molar-refractivity contribution in [2.45, 2.75) is 24.3 Å². The number of aliphatic hydroxyl groups excluding tert-OH is 1. The Morgan fingerprint density at radius 2 is 2.25 bits per heavy atom. The Bertz CT molecular complexity index is 555. The zero-order valence-electron chi connectivity index (χ0n) is 11.0. The Balaban J connectivity index is 2.04. The summed E-state index contributed by atoms with van der Waals surface area (Å²) in [5.74, 6) is 0.214. The summed E-state index contributed by atoms with van der Waals surface area (Å²) in [4.78, 5) is 0.108. The van der Waals surface area contributed by atoms with E-state index in [1.807, 2.05) is 0 Å². The summed E-state index contributed by atoms with van der Waals surface area (Å²) in [5, 5.41) is 9.27. The van der Waals surface area contributed by atoms with Gasteiger partial charge >= 0.3 is 0 Å². The fraction of sp³-hybridized carbons (Fsp3) is 0.538. The van der Waals surface area contributed by atoms with E-state index in [0.29, 0.717) is 18.7 Å². The average molecular weight is 320 g/mol. The maximum Gasteiger partial charge on any atom is 0.240 e. The molecule has 1 fully saturated rings. The van der Waals surface area contributed by atoms with E-state index in [1.165, 1.54) is 18.2 Å². The number of hydrogen-bond acceptors (Lipinski definition) is 4. The Morgan fingerprint density at radius 3 is 2.85 bits per heavy atom. The number of sulfonamides is 1. The van der Waals surface area contributed by atoms with E-state index in [1.54, 1.807) is 0 Å². The minimum atomic E-state index is -3.58. The second kappa shape index (κ2) is 6.87. The van der Waals surface area contributed by atoms with E-state index in [2.05, 4.69) is 4.72 Å². The van der Waals surface area contributed by atoms with Crippen LogP contribution in [0, 0.1) is 5.92 Å². The molecule has 5 nitrogen and oxygen atoms in total. The molecule has 0 aromatic heterocycles. The molecular formula is C13H18ClNO4S. The summed E-state index contributed by atoms with van der Waals surface area (Å²) in [5.41, 5.74) is 0.506. The van der Waals surface area contributed by atoms with Crippen molar-refractivity contribution in [3.05, 3.63) is 28.8 Å². The van der Waals surface area contributed by atoms with Gasteiger partial charge in [-0.25, -0.2) is 13.1 Å². The molecule has 0 amide bonds. The molecule has 1 heterocycles. The van der Waals surface area contributed by atoms with Gasteiger partial charge in [-0.2, -0.15) is 0 Å². The van der Waals surface area contributed by atoms with E-state index in [-0.39, 0.29) is 22.4 Å². The lowest BCUT2D eigenvalue weighted by Gasteiger charge is -2.22.